The number of nitro benzene ring substituents is 2. The first kappa shape index (κ1) is 20.3. The van der Waals surface area contributed by atoms with Crippen LogP contribution in [-0.4, -0.2) is 35.4 Å². The predicted octanol–water partition coefficient (Wildman–Crippen LogP) is 1.94. The fourth-order valence-electron chi connectivity index (χ4n) is 2.16. The van der Waals surface area contributed by atoms with Gasteiger partial charge in [0.2, 0.25) is 5.91 Å². The van der Waals surface area contributed by atoms with E-state index in [9.17, 15) is 25.0 Å². The smallest absolute Gasteiger partial charge is 0.299 e. The van der Waals surface area contributed by atoms with Crippen molar-refractivity contribution in [1.29, 1.82) is 0 Å². The van der Waals surface area contributed by atoms with Gasteiger partial charge in [-0.2, -0.15) is 0 Å². The molecule has 1 rings (SSSR count). The molecule has 0 radical (unpaired) electrons. The third kappa shape index (κ3) is 7.57. The summed E-state index contributed by atoms with van der Waals surface area (Å²) in [5.74, 6) is -0.00702. The SMILES string of the molecule is NCCCNC(=O)CCCCCNc1ccc([N+](=O)[O-])cc1[N+](=O)[O-]. The molecule has 1 amide bonds. The van der Waals surface area contributed by atoms with Gasteiger partial charge in [-0.15, -0.1) is 0 Å². The molecule has 0 saturated carbocycles. The van der Waals surface area contributed by atoms with Gasteiger partial charge in [0.1, 0.15) is 5.69 Å². The highest BCUT2D eigenvalue weighted by Crippen LogP contribution is 2.28. The average molecular weight is 353 g/mol. The molecule has 10 heteroatoms. The van der Waals surface area contributed by atoms with Crippen LogP contribution in [-0.2, 0) is 4.79 Å². The van der Waals surface area contributed by atoms with E-state index in [1.165, 1.54) is 12.1 Å². The summed E-state index contributed by atoms with van der Waals surface area (Å²) < 4.78 is 0. The van der Waals surface area contributed by atoms with Crippen LogP contribution in [0.25, 0.3) is 0 Å². The van der Waals surface area contributed by atoms with E-state index in [1.807, 2.05) is 0 Å². The van der Waals surface area contributed by atoms with Crippen LogP contribution in [0.3, 0.4) is 0 Å². The van der Waals surface area contributed by atoms with Crippen molar-refractivity contribution in [1.82, 2.24) is 5.32 Å². The summed E-state index contributed by atoms with van der Waals surface area (Å²) in [5, 5.41) is 27.4. The lowest BCUT2D eigenvalue weighted by Crippen LogP contribution is -2.25. The Morgan fingerprint density at radius 2 is 1.80 bits per heavy atom. The van der Waals surface area contributed by atoms with Crippen LogP contribution in [0.1, 0.15) is 32.1 Å². The van der Waals surface area contributed by atoms with Crippen molar-refractivity contribution < 1.29 is 14.6 Å². The van der Waals surface area contributed by atoms with E-state index in [4.69, 9.17) is 5.73 Å². The van der Waals surface area contributed by atoms with Gasteiger partial charge in [0.25, 0.3) is 11.4 Å². The summed E-state index contributed by atoms with van der Waals surface area (Å²) in [5.41, 5.74) is 4.93. The Labute approximate surface area is 145 Å². The van der Waals surface area contributed by atoms with Gasteiger partial charge in [0.15, 0.2) is 0 Å². The highest BCUT2D eigenvalue weighted by atomic mass is 16.6. The number of nitrogens with one attached hydrogen (secondary N) is 2. The number of nitrogens with zero attached hydrogens (tertiary/aromatic N) is 2. The Morgan fingerprint density at radius 1 is 1.04 bits per heavy atom. The Balaban J connectivity index is 2.33. The number of non-ortho nitro benzene ring substituents is 1. The molecule has 138 valence electrons. The van der Waals surface area contributed by atoms with Crippen molar-refractivity contribution in [3.05, 3.63) is 38.4 Å². The van der Waals surface area contributed by atoms with Gasteiger partial charge < -0.3 is 16.4 Å². The molecule has 25 heavy (non-hydrogen) atoms. The Morgan fingerprint density at radius 3 is 2.44 bits per heavy atom. The first-order chi connectivity index (χ1) is 12.0. The number of rotatable bonds is 12. The van der Waals surface area contributed by atoms with Crippen molar-refractivity contribution in [2.75, 3.05) is 25.0 Å². The minimum Gasteiger partial charge on any atom is -0.379 e. The molecule has 0 aliphatic heterocycles. The van der Waals surface area contributed by atoms with Gasteiger partial charge >= 0.3 is 0 Å². The van der Waals surface area contributed by atoms with E-state index >= 15 is 0 Å². The second kappa shape index (κ2) is 10.9. The second-order valence-electron chi connectivity index (χ2n) is 5.45. The minimum atomic E-state index is -0.671. The van der Waals surface area contributed by atoms with Gasteiger partial charge in [-0.25, -0.2) is 0 Å². The van der Waals surface area contributed by atoms with Gasteiger partial charge in [-0.3, -0.25) is 25.0 Å². The maximum Gasteiger partial charge on any atom is 0.299 e. The predicted molar refractivity (Wildman–Crippen MR) is 93.4 cm³/mol. The summed E-state index contributed by atoms with van der Waals surface area (Å²) in [6.45, 7) is 1.61. The third-order valence-electron chi connectivity index (χ3n) is 3.49. The van der Waals surface area contributed by atoms with E-state index in [0.29, 0.717) is 26.1 Å². The van der Waals surface area contributed by atoms with Crippen LogP contribution in [0.2, 0.25) is 0 Å². The molecular formula is C15H23N5O5. The summed E-state index contributed by atoms with van der Waals surface area (Å²) >= 11 is 0. The number of benzene rings is 1. The first-order valence-electron chi connectivity index (χ1n) is 8.09. The molecular weight excluding hydrogens is 330 g/mol. The molecule has 0 aliphatic carbocycles. The van der Waals surface area contributed by atoms with Crippen LogP contribution >= 0.6 is 0 Å². The van der Waals surface area contributed by atoms with Crippen LogP contribution in [0.4, 0.5) is 17.1 Å². The molecule has 0 spiro atoms. The molecule has 0 heterocycles. The summed E-state index contributed by atoms with van der Waals surface area (Å²) in [4.78, 5) is 31.8. The monoisotopic (exact) mass is 353 g/mol. The van der Waals surface area contributed by atoms with Crippen LogP contribution in [0.5, 0.6) is 0 Å². The van der Waals surface area contributed by atoms with Gasteiger partial charge in [-0.05, 0) is 31.9 Å². The zero-order valence-electron chi connectivity index (χ0n) is 13.9. The van der Waals surface area contributed by atoms with Gasteiger partial charge in [0, 0.05) is 25.6 Å². The molecule has 1 aromatic carbocycles. The largest absolute Gasteiger partial charge is 0.379 e. The number of unbranched alkanes of at least 4 members (excludes halogenated alkanes) is 2. The van der Waals surface area contributed by atoms with Crippen molar-refractivity contribution in [3.8, 4) is 0 Å². The summed E-state index contributed by atoms with van der Waals surface area (Å²) in [7, 11) is 0. The van der Waals surface area contributed by atoms with E-state index in [1.54, 1.807) is 0 Å². The Hall–Kier alpha value is -2.75. The average Bonchev–Trinajstić information content (AvgIpc) is 2.57. The number of amides is 1. The number of hydrogen-bond donors (Lipinski definition) is 3. The summed E-state index contributed by atoms with van der Waals surface area (Å²) in [6, 6.07) is 3.50. The Kier molecular flexibility index (Phi) is 8.86. The maximum atomic E-state index is 11.5. The fraction of sp³-hybridized carbons (Fsp3) is 0.533. The third-order valence-corrected chi connectivity index (χ3v) is 3.49. The molecule has 0 saturated heterocycles. The molecule has 0 bridgehead atoms. The lowest BCUT2D eigenvalue weighted by molar-refractivity contribution is -0.393. The molecule has 0 aliphatic rings. The van der Waals surface area contributed by atoms with Crippen LogP contribution < -0.4 is 16.4 Å². The van der Waals surface area contributed by atoms with Crippen molar-refractivity contribution in [3.63, 3.8) is 0 Å². The molecule has 0 aromatic heterocycles. The molecule has 0 unspecified atom stereocenters. The first-order valence-corrected chi connectivity index (χ1v) is 8.09. The maximum absolute atomic E-state index is 11.5. The molecule has 0 fully saturated rings. The van der Waals surface area contributed by atoms with Gasteiger partial charge in [-0.1, -0.05) is 6.42 Å². The molecule has 1 aromatic rings. The van der Waals surface area contributed by atoms with Crippen molar-refractivity contribution in [2.45, 2.75) is 32.1 Å². The minimum absolute atomic E-state index is 0.00702. The van der Waals surface area contributed by atoms with Gasteiger partial charge in [0.05, 0.1) is 15.9 Å². The number of carbonyl (C=O) groups excluding carboxylic acids is 1. The van der Waals surface area contributed by atoms with E-state index in [2.05, 4.69) is 10.6 Å². The second-order valence-corrected chi connectivity index (χ2v) is 5.45. The van der Waals surface area contributed by atoms with E-state index < -0.39 is 9.85 Å². The topological polar surface area (TPSA) is 153 Å². The summed E-state index contributed by atoms with van der Waals surface area (Å²) in [6.07, 6.45) is 3.42. The normalized spacial score (nSPS) is 10.3. The van der Waals surface area contributed by atoms with E-state index in [-0.39, 0.29) is 23.0 Å². The lowest BCUT2D eigenvalue weighted by Gasteiger charge is -2.07. The number of hydrogen-bond acceptors (Lipinski definition) is 7. The standard InChI is InChI=1S/C15H23N5O5/c16-8-4-10-18-15(21)5-2-1-3-9-17-13-7-6-12(19(22)23)11-14(13)20(24)25/h6-7,11,17H,1-5,8-10,16H2,(H,18,21). The number of nitro groups is 2. The highest BCUT2D eigenvalue weighted by molar-refractivity contribution is 5.75. The van der Waals surface area contributed by atoms with Crippen molar-refractivity contribution >= 4 is 23.0 Å². The molecule has 10 nitrogen and oxygen atoms in total. The fourth-order valence-corrected chi connectivity index (χ4v) is 2.16. The molecule has 0 atom stereocenters. The lowest BCUT2D eigenvalue weighted by atomic mass is 10.1. The zero-order chi connectivity index (χ0) is 18.7. The number of nitrogens with two attached hydrogens (primary N) is 1. The van der Waals surface area contributed by atoms with E-state index in [0.717, 1.165) is 31.7 Å². The van der Waals surface area contributed by atoms with Crippen molar-refractivity contribution in [2.24, 2.45) is 5.73 Å². The zero-order valence-corrected chi connectivity index (χ0v) is 13.9. The Bertz CT molecular complexity index is 608. The van der Waals surface area contributed by atoms with Crippen LogP contribution in [0.15, 0.2) is 18.2 Å². The van der Waals surface area contributed by atoms with Crippen LogP contribution in [0, 0.1) is 20.2 Å². The number of carbonyl (C=O) groups is 1. The molecule has 4 N–H and O–H groups in total. The highest BCUT2D eigenvalue weighted by Gasteiger charge is 2.18. The number of anilines is 1. The quantitative estimate of drug-likeness (QED) is 0.295.